The zero-order valence-corrected chi connectivity index (χ0v) is 17.7. The molecule has 0 unspecified atom stereocenters. The molecule has 0 bridgehead atoms. The number of benzene rings is 1. The molecule has 2 aromatic heterocycles. The van der Waals surface area contributed by atoms with Crippen molar-refractivity contribution in [3.63, 3.8) is 0 Å². The van der Waals surface area contributed by atoms with Crippen LogP contribution in [0.4, 0.5) is 15.6 Å². The Kier molecular flexibility index (Phi) is 6.18. The third-order valence-electron chi connectivity index (χ3n) is 3.65. The van der Waals surface area contributed by atoms with Crippen LogP contribution in [0.2, 0.25) is 0 Å². The molecule has 0 spiro atoms. The highest BCUT2D eigenvalue weighted by atomic mass is 32.2. The number of H-pyrrole nitrogens is 1. The SMILES string of the molecule is Cc1ccc(NC(=O)Nc2ncc(S(=O)(=O)c3ncc[nH]3)s2)c(OCC(C)C)c1. The lowest BCUT2D eigenvalue weighted by molar-refractivity contribution is 0.260. The number of ether oxygens (including phenoxy) is 1. The predicted octanol–water partition coefficient (Wildman–Crippen LogP) is 3.69. The quantitative estimate of drug-likeness (QED) is 0.520. The minimum absolute atomic E-state index is 0.0287. The zero-order chi connectivity index (χ0) is 21.0. The molecule has 154 valence electrons. The molecular weight excluding hydrogens is 414 g/mol. The number of rotatable bonds is 7. The lowest BCUT2D eigenvalue weighted by Gasteiger charge is -2.14. The van der Waals surface area contributed by atoms with Crippen molar-refractivity contribution in [1.82, 2.24) is 15.0 Å². The number of amides is 2. The van der Waals surface area contributed by atoms with Gasteiger partial charge >= 0.3 is 6.03 Å². The summed E-state index contributed by atoms with van der Waals surface area (Å²) in [6.07, 6.45) is 3.95. The van der Waals surface area contributed by atoms with E-state index in [2.05, 4.69) is 25.6 Å². The Labute approximate surface area is 172 Å². The van der Waals surface area contributed by atoms with E-state index in [0.29, 0.717) is 24.0 Å². The van der Waals surface area contributed by atoms with Gasteiger partial charge in [0.05, 0.1) is 18.5 Å². The molecule has 9 nitrogen and oxygen atoms in total. The molecule has 1 aromatic carbocycles. The summed E-state index contributed by atoms with van der Waals surface area (Å²) in [5.41, 5.74) is 1.51. The van der Waals surface area contributed by atoms with Crippen molar-refractivity contribution < 1.29 is 17.9 Å². The Morgan fingerprint density at radius 2 is 2.07 bits per heavy atom. The molecule has 0 aliphatic rings. The monoisotopic (exact) mass is 435 g/mol. The number of hydrogen-bond acceptors (Lipinski definition) is 7. The molecule has 3 N–H and O–H groups in total. The van der Waals surface area contributed by atoms with Crippen LogP contribution in [0.5, 0.6) is 5.75 Å². The van der Waals surface area contributed by atoms with Gasteiger partial charge in [0.2, 0.25) is 5.16 Å². The average molecular weight is 436 g/mol. The van der Waals surface area contributed by atoms with E-state index < -0.39 is 15.9 Å². The van der Waals surface area contributed by atoms with E-state index in [-0.39, 0.29) is 14.5 Å². The van der Waals surface area contributed by atoms with E-state index in [0.717, 1.165) is 16.9 Å². The number of urea groups is 1. The van der Waals surface area contributed by atoms with Gasteiger partial charge in [-0.25, -0.2) is 23.2 Å². The number of aromatic amines is 1. The van der Waals surface area contributed by atoms with E-state index in [4.69, 9.17) is 4.74 Å². The molecule has 2 heterocycles. The maximum absolute atomic E-state index is 12.4. The minimum Gasteiger partial charge on any atom is -0.491 e. The molecule has 3 rings (SSSR count). The van der Waals surface area contributed by atoms with Crippen LogP contribution in [0.15, 0.2) is 46.2 Å². The zero-order valence-electron chi connectivity index (χ0n) is 16.1. The summed E-state index contributed by atoms with van der Waals surface area (Å²) in [6, 6.07) is 4.89. The Bertz CT molecular complexity index is 1090. The molecule has 0 aliphatic carbocycles. The summed E-state index contributed by atoms with van der Waals surface area (Å²) in [6.45, 7) is 6.52. The third kappa shape index (κ3) is 5.12. The van der Waals surface area contributed by atoms with Crippen LogP contribution in [0.25, 0.3) is 0 Å². The fourth-order valence-corrected chi connectivity index (χ4v) is 4.56. The van der Waals surface area contributed by atoms with Gasteiger partial charge in [-0.2, -0.15) is 0 Å². The van der Waals surface area contributed by atoms with Gasteiger partial charge in [-0.05, 0) is 30.5 Å². The van der Waals surface area contributed by atoms with E-state index in [1.54, 1.807) is 6.07 Å². The number of carbonyl (C=O) groups excluding carboxylic acids is 1. The molecule has 0 saturated carbocycles. The van der Waals surface area contributed by atoms with Crippen molar-refractivity contribution in [2.45, 2.75) is 30.1 Å². The molecule has 0 radical (unpaired) electrons. The molecular formula is C18H21N5O4S2. The Balaban J connectivity index is 1.70. The highest BCUT2D eigenvalue weighted by Crippen LogP contribution is 2.29. The second-order valence-electron chi connectivity index (χ2n) is 6.67. The molecule has 3 aromatic rings. The maximum atomic E-state index is 12.4. The molecule has 0 saturated heterocycles. The number of imidazole rings is 1. The van der Waals surface area contributed by atoms with E-state index in [9.17, 15) is 13.2 Å². The van der Waals surface area contributed by atoms with E-state index >= 15 is 0 Å². The molecule has 11 heteroatoms. The van der Waals surface area contributed by atoms with Gasteiger partial charge in [0, 0.05) is 12.4 Å². The van der Waals surface area contributed by atoms with E-state index in [1.165, 1.54) is 18.6 Å². The van der Waals surface area contributed by atoms with Crippen molar-refractivity contribution in [2.24, 2.45) is 5.92 Å². The summed E-state index contributed by atoms with van der Waals surface area (Å²) >= 11 is 0.836. The second kappa shape index (κ2) is 8.62. The maximum Gasteiger partial charge on any atom is 0.325 e. The standard InChI is InChI=1S/C18H21N5O4S2/c1-11(2)10-27-14-8-12(3)4-5-13(14)22-16(24)23-17-21-9-15(28-17)29(25,26)18-19-6-7-20-18/h4-9,11H,10H2,1-3H3,(H,19,20)(H2,21,22,23,24). The van der Waals surface area contributed by atoms with Crippen molar-refractivity contribution >= 4 is 38.0 Å². The van der Waals surface area contributed by atoms with Crippen molar-refractivity contribution in [2.75, 3.05) is 17.2 Å². The Morgan fingerprint density at radius 3 is 2.76 bits per heavy atom. The number of thiazole rings is 1. The highest BCUT2D eigenvalue weighted by molar-refractivity contribution is 7.93. The van der Waals surface area contributed by atoms with Gasteiger partial charge in [-0.1, -0.05) is 31.3 Å². The summed E-state index contributed by atoms with van der Waals surface area (Å²) in [7, 11) is -3.80. The number of hydrogen-bond donors (Lipinski definition) is 3. The Hall–Kier alpha value is -2.92. The first-order valence-corrected chi connectivity index (χ1v) is 11.1. The lowest BCUT2D eigenvalue weighted by atomic mass is 10.2. The summed E-state index contributed by atoms with van der Waals surface area (Å²) < 4.78 is 30.6. The molecule has 29 heavy (non-hydrogen) atoms. The normalized spacial score (nSPS) is 11.4. The van der Waals surface area contributed by atoms with Gasteiger partial charge in [-0.3, -0.25) is 5.32 Å². The van der Waals surface area contributed by atoms with Crippen LogP contribution < -0.4 is 15.4 Å². The number of nitrogens with one attached hydrogen (secondary N) is 3. The van der Waals surface area contributed by atoms with Gasteiger partial charge in [0.25, 0.3) is 9.84 Å². The number of carbonyl (C=O) groups is 1. The van der Waals surface area contributed by atoms with Gasteiger partial charge in [0.15, 0.2) is 5.13 Å². The average Bonchev–Trinajstić information content (AvgIpc) is 3.34. The van der Waals surface area contributed by atoms with Crippen LogP contribution >= 0.6 is 11.3 Å². The summed E-state index contributed by atoms with van der Waals surface area (Å²) in [5.74, 6) is 0.899. The Morgan fingerprint density at radius 1 is 1.28 bits per heavy atom. The van der Waals surface area contributed by atoms with Gasteiger partial charge in [0.1, 0.15) is 9.96 Å². The number of anilines is 2. The van der Waals surface area contributed by atoms with Crippen LogP contribution in [-0.4, -0.2) is 36.0 Å². The lowest BCUT2D eigenvalue weighted by Crippen LogP contribution is -2.20. The third-order valence-corrected chi connectivity index (χ3v) is 6.64. The molecule has 2 amide bonds. The largest absolute Gasteiger partial charge is 0.491 e. The summed E-state index contributed by atoms with van der Waals surface area (Å²) in [5, 5.41) is 5.22. The second-order valence-corrected chi connectivity index (χ2v) is 9.79. The minimum atomic E-state index is -3.80. The topological polar surface area (TPSA) is 126 Å². The van der Waals surface area contributed by atoms with Gasteiger partial charge in [-0.15, -0.1) is 0 Å². The number of nitrogens with zero attached hydrogens (tertiary/aromatic N) is 2. The van der Waals surface area contributed by atoms with Crippen molar-refractivity contribution in [3.05, 3.63) is 42.4 Å². The fourth-order valence-electron chi connectivity index (χ4n) is 2.29. The van der Waals surface area contributed by atoms with Crippen LogP contribution in [0, 0.1) is 12.8 Å². The smallest absolute Gasteiger partial charge is 0.325 e. The molecule has 0 fully saturated rings. The van der Waals surface area contributed by atoms with Gasteiger partial charge < -0.3 is 15.0 Å². The molecule has 0 atom stereocenters. The van der Waals surface area contributed by atoms with Crippen LogP contribution in [0.3, 0.4) is 0 Å². The number of sulfone groups is 1. The summed E-state index contributed by atoms with van der Waals surface area (Å²) in [4.78, 5) is 22.6. The molecule has 0 aliphatic heterocycles. The first kappa shape index (κ1) is 20.8. The first-order chi connectivity index (χ1) is 13.8. The van der Waals surface area contributed by atoms with Crippen molar-refractivity contribution in [1.29, 1.82) is 0 Å². The highest BCUT2D eigenvalue weighted by Gasteiger charge is 2.23. The van der Waals surface area contributed by atoms with E-state index in [1.807, 2.05) is 32.9 Å². The van der Waals surface area contributed by atoms with Crippen LogP contribution in [-0.2, 0) is 9.84 Å². The van der Waals surface area contributed by atoms with Crippen molar-refractivity contribution in [3.8, 4) is 5.75 Å². The fraction of sp³-hybridized carbons (Fsp3) is 0.278. The predicted molar refractivity (Wildman–Crippen MR) is 110 cm³/mol. The van der Waals surface area contributed by atoms with Crippen LogP contribution in [0.1, 0.15) is 19.4 Å². The number of aryl methyl sites for hydroxylation is 1. The number of aromatic nitrogens is 3. The first-order valence-electron chi connectivity index (χ1n) is 8.77.